The van der Waals surface area contributed by atoms with Crippen LogP contribution in [0.5, 0.6) is 0 Å². The molecule has 1 N–H and O–H groups in total. The van der Waals surface area contributed by atoms with Gasteiger partial charge in [0, 0.05) is 25.0 Å². The molecule has 4 heteroatoms. The first-order valence-electron chi connectivity index (χ1n) is 6.07. The second-order valence-electron chi connectivity index (χ2n) is 4.32. The smallest absolute Gasteiger partial charge is 0.185 e. The number of nitrogens with one attached hydrogen (secondary N) is 1. The van der Waals surface area contributed by atoms with E-state index in [9.17, 15) is 0 Å². The summed E-state index contributed by atoms with van der Waals surface area (Å²) in [6.07, 6.45) is 0. The van der Waals surface area contributed by atoms with Gasteiger partial charge in [0.15, 0.2) is 5.13 Å². The molecular weight excluding hydrogens is 218 g/mol. The largest absolute Gasteiger partial charge is 0.349 e. The number of thiazole rings is 1. The third kappa shape index (κ3) is 4.10. The second kappa shape index (κ2) is 6.86. The van der Waals surface area contributed by atoms with Gasteiger partial charge in [-0.3, -0.25) is 0 Å². The Bertz CT molecular complexity index is 292. The van der Waals surface area contributed by atoms with Crippen LogP contribution in [0.1, 0.15) is 33.4 Å². The fourth-order valence-electron chi connectivity index (χ4n) is 1.51. The van der Waals surface area contributed by atoms with Crippen LogP contribution in [0.15, 0.2) is 5.38 Å². The fourth-order valence-corrected chi connectivity index (χ4v) is 2.46. The molecule has 0 aliphatic rings. The minimum absolute atomic E-state index is 0.695. The van der Waals surface area contributed by atoms with Crippen LogP contribution in [0.2, 0.25) is 0 Å². The normalized spacial score (nSPS) is 11.1. The molecule has 0 bridgehead atoms. The first kappa shape index (κ1) is 13.5. The Hall–Kier alpha value is -0.610. The van der Waals surface area contributed by atoms with Crippen molar-refractivity contribution in [3.05, 3.63) is 11.1 Å². The van der Waals surface area contributed by atoms with Crippen molar-refractivity contribution in [2.75, 3.05) is 24.5 Å². The number of rotatable bonds is 7. The minimum Gasteiger partial charge on any atom is -0.349 e. The topological polar surface area (TPSA) is 28.2 Å². The summed E-state index contributed by atoms with van der Waals surface area (Å²) in [6, 6.07) is 0. The Balaban J connectivity index is 2.44. The molecule has 3 nitrogen and oxygen atoms in total. The molecule has 92 valence electrons. The Kier molecular flexibility index (Phi) is 5.77. The van der Waals surface area contributed by atoms with E-state index in [4.69, 9.17) is 0 Å². The summed E-state index contributed by atoms with van der Waals surface area (Å²) in [4.78, 5) is 6.92. The molecule has 1 heterocycles. The summed E-state index contributed by atoms with van der Waals surface area (Å²) in [5, 5.41) is 6.71. The van der Waals surface area contributed by atoms with E-state index in [1.54, 1.807) is 11.3 Å². The van der Waals surface area contributed by atoms with Crippen molar-refractivity contribution >= 4 is 16.5 Å². The lowest BCUT2D eigenvalue weighted by atomic mass is 10.2. The van der Waals surface area contributed by atoms with Crippen molar-refractivity contribution in [3.8, 4) is 0 Å². The van der Waals surface area contributed by atoms with Crippen molar-refractivity contribution in [3.63, 3.8) is 0 Å². The maximum atomic E-state index is 4.63. The Morgan fingerprint density at radius 1 is 1.38 bits per heavy atom. The van der Waals surface area contributed by atoms with E-state index in [2.05, 4.69) is 48.3 Å². The average Bonchev–Trinajstić information content (AvgIpc) is 2.68. The van der Waals surface area contributed by atoms with Crippen LogP contribution in [-0.2, 0) is 6.54 Å². The zero-order valence-corrected chi connectivity index (χ0v) is 11.6. The van der Waals surface area contributed by atoms with Gasteiger partial charge < -0.3 is 10.2 Å². The standard InChI is InChI=1S/C12H23N3S/c1-5-15(6-2)12-14-11(9-16-12)8-13-7-10(3)4/h9-10,13H,5-8H2,1-4H3. The highest BCUT2D eigenvalue weighted by Crippen LogP contribution is 2.19. The lowest BCUT2D eigenvalue weighted by Crippen LogP contribution is -2.22. The Labute approximate surface area is 103 Å². The zero-order chi connectivity index (χ0) is 12.0. The van der Waals surface area contributed by atoms with Gasteiger partial charge in [-0.2, -0.15) is 0 Å². The molecule has 16 heavy (non-hydrogen) atoms. The fraction of sp³-hybridized carbons (Fsp3) is 0.750. The molecule has 1 aromatic rings. The molecule has 0 aliphatic heterocycles. The highest BCUT2D eigenvalue weighted by molar-refractivity contribution is 7.13. The third-order valence-electron chi connectivity index (χ3n) is 2.43. The van der Waals surface area contributed by atoms with Crippen molar-refractivity contribution in [2.24, 2.45) is 5.92 Å². The quantitative estimate of drug-likeness (QED) is 0.795. The van der Waals surface area contributed by atoms with Crippen molar-refractivity contribution < 1.29 is 0 Å². The molecule has 0 aliphatic carbocycles. The van der Waals surface area contributed by atoms with Gasteiger partial charge in [0.05, 0.1) is 5.69 Å². The van der Waals surface area contributed by atoms with Gasteiger partial charge in [0.2, 0.25) is 0 Å². The van der Waals surface area contributed by atoms with Crippen LogP contribution >= 0.6 is 11.3 Å². The lowest BCUT2D eigenvalue weighted by molar-refractivity contribution is 0.549. The molecule has 0 radical (unpaired) electrons. The number of hydrogen-bond donors (Lipinski definition) is 1. The number of aromatic nitrogens is 1. The summed E-state index contributed by atoms with van der Waals surface area (Å²) in [6.45, 7) is 12.8. The van der Waals surface area contributed by atoms with Gasteiger partial charge in [-0.25, -0.2) is 4.98 Å². The van der Waals surface area contributed by atoms with E-state index >= 15 is 0 Å². The van der Waals surface area contributed by atoms with E-state index in [1.807, 2.05) is 0 Å². The molecule has 0 amide bonds. The summed E-state index contributed by atoms with van der Waals surface area (Å²) >= 11 is 1.74. The highest BCUT2D eigenvalue weighted by Gasteiger charge is 2.07. The first-order chi connectivity index (χ1) is 7.67. The lowest BCUT2D eigenvalue weighted by Gasteiger charge is -2.16. The maximum Gasteiger partial charge on any atom is 0.185 e. The van der Waals surface area contributed by atoms with E-state index < -0.39 is 0 Å². The molecule has 1 rings (SSSR count). The summed E-state index contributed by atoms with van der Waals surface area (Å²) in [5.74, 6) is 0.695. The van der Waals surface area contributed by atoms with E-state index in [-0.39, 0.29) is 0 Å². The van der Waals surface area contributed by atoms with Gasteiger partial charge in [0.25, 0.3) is 0 Å². The van der Waals surface area contributed by atoms with Gasteiger partial charge in [0.1, 0.15) is 0 Å². The summed E-state index contributed by atoms with van der Waals surface area (Å²) < 4.78 is 0. The number of anilines is 1. The van der Waals surface area contributed by atoms with Crippen LogP contribution in [-0.4, -0.2) is 24.6 Å². The molecule has 0 saturated carbocycles. The van der Waals surface area contributed by atoms with Gasteiger partial charge in [-0.1, -0.05) is 13.8 Å². The zero-order valence-electron chi connectivity index (χ0n) is 10.8. The SMILES string of the molecule is CCN(CC)c1nc(CNCC(C)C)cs1. The van der Waals surface area contributed by atoms with Crippen LogP contribution in [0.25, 0.3) is 0 Å². The van der Waals surface area contributed by atoms with E-state index in [0.29, 0.717) is 5.92 Å². The molecule has 0 saturated heterocycles. The monoisotopic (exact) mass is 241 g/mol. The van der Waals surface area contributed by atoms with Gasteiger partial charge in [-0.15, -0.1) is 11.3 Å². The first-order valence-corrected chi connectivity index (χ1v) is 6.95. The molecule has 0 atom stereocenters. The second-order valence-corrected chi connectivity index (χ2v) is 5.16. The summed E-state index contributed by atoms with van der Waals surface area (Å²) in [7, 11) is 0. The highest BCUT2D eigenvalue weighted by atomic mass is 32.1. The van der Waals surface area contributed by atoms with Crippen LogP contribution in [0.4, 0.5) is 5.13 Å². The average molecular weight is 241 g/mol. The van der Waals surface area contributed by atoms with E-state index in [1.165, 1.54) is 0 Å². The van der Waals surface area contributed by atoms with Crippen LogP contribution in [0, 0.1) is 5.92 Å². The minimum atomic E-state index is 0.695. The molecule has 1 aromatic heterocycles. The maximum absolute atomic E-state index is 4.63. The predicted molar refractivity (Wildman–Crippen MR) is 72.2 cm³/mol. The number of hydrogen-bond acceptors (Lipinski definition) is 4. The number of nitrogens with zero attached hydrogens (tertiary/aromatic N) is 2. The van der Waals surface area contributed by atoms with Crippen molar-refractivity contribution in [1.82, 2.24) is 10.3 Å². The molecule has 0 fully saturated rings. The van der Waals surface area contributed by atoms with Crippen LogP contribution in [0.3, 0.4) is 0 Å². The van der Waals surface area contributed by atoms with Gasteiger partial charge >= 0.3 is 0 Å². The Morgan fingerprint density at radius 3 is 2.62 bits per heavy atom. The predicted octanol–water partition coefficient (Wildman–Crippen LogP) is 2.73. The van der Waals surface area contributed by atoms with Crippen molar-refractivity contribution in [1.29, 1.82) is 0 Å². The van der Waals surface area contributed by atoms with Crippen molar-refractivity contribution in [2.45, 2.75) is 34.2 Å². The van der Waals surface area contributed by atoms with Gasteiger partial charge in [-0.05, 0) is 26.3 Å². The Morgan fingerprint density at radius 2 is 2.06 bits per heavy atom. The molecule has 0 unspecified atom stereocenters. The molecule has 0 spiro atoms. The van der Waals surface area contributed by atoms with E-state index in [0.717, 1.165) is 37.0 Å². The molecular formula is C12H23N3S. The summed E-state index contributed by atoms with van der Waals surface area (Å²) in [5.41, 5.74) is 1.16. The van der Waals surface area contributed by atoms with Crippen LogP contribution < -0.4 is 10.2 Å². The third-order valence-corrected chi connectivity index (χ3v) is 3.38. The molecule has 0 aromatic carbocycles.